The van der Waals surface area contributed by atoms with Gasteiger partial charge in [-0.3, -0.25) is 0 Å². The second-order valence-electron chi connectivity index (χ2n) is 5.47. The Bertz CT molecular complexity index is 350. The third-order valence-corrected chi connectivity index (χ3v) is 3.26. The number of methoxy groups -OCH3 is 1. The molecule has 3 nitrogen and oxygen atoms in total. The molecule has 0 radical (unpaired) electrons. The minimum atomic E-state index is 0.239. The van der Waals surface area contributed by atoms with E-state index in [4.69, 9.17) is 10.5 Å². The molecule has 0 heterocycles. The van der Waals surface area contributed by atoms with Gasteiger partial charge in [0.05, 0.1) is 7.11 Å². The Kier molecular flexibility index (Phi) is 6.16. The summed E-state index contributed by atoms with van der Waals surface area (Å²) in [6.07, 6.45) is 2.14. The Morgan fingerprint density at radius 1 is 1.28 bits per heavy atom. The van der Waals surface area contributed by atoms with Gasteiger partial charge >= 0.3 is 0 Å². The second-order valence-corrected chi connectivity index (χ2v) is 5.47. The van der Waals surface area contributed by atoms with Crippen LogP contribution in [0.4, 0.5) is 0 Å². The van der Waals surface area contributed by atoms with Crippen molar-refractivity contribution >= 4 is 0 Å². The average molecular weight is 250 g/mol. The molecule has 0 fully saturated rings. The number of benzene rings is 1. The first-order chi connectivity index (χ1) is 8.57. The van der Waals surface area contributed by atoms with Gasteiger partial charge in [0.2, 0.25) is 0 Å². The zero-order valence-corrected chi connectivity index (χ0v) is 11.8. The van der Waals surface area contributed by atoms with E-state index in [9.17, 15) is 0 Å². The zero-order chi connectivity index (χ0) is 13.4. The van der Waals surface area contributed by atoms with Gasteiger partial charge in [-0.15, -0.1) is 0 Å². The molecule has 1 rings (SSSR count). The molecule has 18 heavy (non-hydrogen) atoms. The molecule has 1 aromatic carbocycles. The number of hydrogen-bond donors (Lipinski definition) is 2. The van der Waals surface area contributed by atoms with Gasteiger partial charge < -0.3 is 15.8 Å². The molecule has 1 aromatic rings. The lowest BCUT2D eigenvalue weighted by Crippen LogP contribution is -2.29. The number of ether oxygens (including phenoxy) is 1. The van der Waals surface area contributed by atoms with Gasteiger partial charge in [0.25, 0.3) is 0 Å². The molecule has 0 atom stereocenters. The summed E-state index contributed by atoms with van der Waals surface area (Å²) in [5.41, 5.74) is 7.25. The van der Waals surface area contributed by atoms with Crippen LogP contribution >= 0.6 is 0 Å². The van der Waals surface area contributed by atoms with Gasteiger partial charge in [0.15, 0.2) is 0 Å². The minimum Gasteiger partial charge on any atom is -0.497 e. The van der Waals surface area contributed by atoms with Crippen LogP contribution in [-0.4, -0.2) is 26.7 Å². The van der Waals surface area contributed by atoms with Crippen LogP contribution < -0.4 is 15.8 Å². The van der Waals surface area contributed by atoms with E-state index in [2.05, 4.69) is 31.3 Å². The maximum absolute atomic E-state index is 5.70. The Morgan fingerprint density at radius 3 is 2.72 bits per heavy atom. The number of rotatable bonds is 8. The molecule has 0 aliphatic heterocycles. The van der Waals surface area contributed by atoms with Crippen LogP contribution in [0.2, 0.25) is 0 Å². The van der Waals surface area contributed by atoms with Crippen LogP contribution in [0.1, 0.15) is 25.8 Å². The summed E-state index contributed by atoms with van der Waals surface area (Å²) in [6.45, 7) is 7.17. The molecule has 0 saturated carbocycles. The first-order valence-electron chi connectivity index (χ1n) is 6.61. The van der Waals surface area contributed by atoms with Gasteiger partial charge in [-0.05, 0) is 55.6 Å². The highest BCUT2D eigenvalue weighted by atomic mass is 16.5. The average Bonchev–Trinajstić information content (AvgIpc) is 2.38. The summed E-state index contributed by atoms with van der Waals surface area (Å²) in [4.78, 5) is 0. The van der Waals surface area contributed by atoms with Gasteiger partial charge in [0, 0.05) is 0 Å². The minimum absolute atomic E-state index is 0.239. The topological polar surface area (TPSA) is 47.3 Å². The molecule has 0 aliphatic carbocycles. The Labute approximate surface area is 111 Å². The van der Waals surface area contributed by atoms with Crippen molar-refractivity contribution in [2.45, 2.75) is 26.7 Å². The molecule has 0 saturated heterocycles. The predicted molar refractivity (Wildman–Crippen MR) is 77.0 cm³/mol. The van der Waals surface area contributed by atoms with Crippen molar-refractivity contribution in [1.82, 2.24) is 5.32 Å². The summed E-state index contributed by atoms with van der Waals surface area (Å²) in [6, 6.07) is 8.23. The van der Waals surface area contributed by atoms with E-state index in [-0.39, 0.29) is 5.41 Å². The van der Waals surface area contributed by atoms with Gasteiger partial charge in [-0.25, -0.2) is 0 Å². The lowest BCUT2D eigenvalue weighted by Gasteiger charge is -2.22. The molecule has 0 unspecified atom stereocenters. The van der Waals surface area contributed by atoms with E-state index >= 15 is 0 Å². The molecule has 0 aliphatic rings. The number of nitrogens with one attached hydrogen (secondary N) is 1. The van der Waals surface area contributed by atoms with Crippen LogP contribution in [-0.2, 0) is 6.42 Å². The van der Waals surface area contributed by atoms with Crippen molar-refractivity contribution in [2.24, 2.45) is 11.1 Å². The largest absolute Gasteiger partial charge is 0.497 e. The van der Waals surface area contributed by atoms with E-state index < -0.39 is 0 Å². The monoisotopic (exact) mass is 250 g/mol. The van der Waals surface area contributed by atoms with E-state index in [0.717, 1.165) is 38.2 Å². The standard InChI is InChI=1S/C15H26N2O/c1-15(2,12-16)8-10-17-9-7-13-5-4-6-14(11-13)18-3/h4-6,11,17H,7-10,12,16H2,1-3H3. The molecule has 3 N–H and O–H groups in total. The Hall–Kier alpha value is -1.06. The molecule has 102 valence electrons. The van der Waals surface area contributed by atoms with Crippen LogP contribution in [0.3, 0.4) is 0 Å². The highest BCUT2D eigenvalue weighted by molar-refractivity contribution is 5.28. The van der Waals surface area contributed by atoms with Crippen LogP contribution in [0, 0.1) is 5.41 Å². The van der Waals surface area contributed by atoms with Crippen molar-refractivity contribution in [2.75, 3.05) is 26.7 Å². The van der Waals surface area contributed by atoms with E-state index in [1.165, 1.54) is 5.56 Å². The summed E-state index contributed by atoms with van der Waals surface area (Å²) in [5, 5.41) is 3.47. The maximum Gasteiger partial charge on any atom is 0.119 e. The fourth-order valence-corrected chi connectivity index (χ4v) is 1.71. The number of nitrogens with two attached hydrogens (primary N) is 1. The smallest absolute Gasteiger partial charge is 0.119 e. The molecule has 0 spiro atoms. The van der Waals surface area contributed by atoms with Crippen molar-refractivity contribution in [3.05, 3.63) is 29.8 Å². The molecule has 0 amide bonds. The van der Waals surface area contributed by atoms with E-state index in [0.29, 0.717) is 0 Å². The zero-order valence-electron chi connectivity index (χ0n) is 11.8. The molecular weight excluding hydrogens is 224 g/mol. The first-order valence-corrected chi connectivity index (χ1v) is 6.61. The van der Waals surface area contributed by atoms with Crippen molar-refractivity contribution in [3.63, 3.8) is 0 Å². The lowest BCUT2D eigenvalue weighted by molar-refractivity contribution is 0.340. The highest BCUT2D eigenvalue weighted by Gasteiger charge is 2.13. The molecular formula is C15H26N2O. The normalized spacial score (nSPS) is 11.6. The van der Waals surface area contributed by atoms with Crippen LogP contribution in [0.25, 0.3) is 0 Å². The van der Waals surface area contributed by atoms with Gasteiger partial charge in [0.1, 0.15) is 5.75 Å². The third-order valence-electron chi connectivity index (χ3n) is 3.26. The third kappa shape index (κ3) is 5.52. The maximum atomic E-state index is 5.70. The fraction of sp³-hybridized carbons (Fsp3) is 0.600. The molecule has 0 aromatic heterocycles. The van der Waals surface area contributed by atoms with Crippen LogP contribution in [0.5, 0.6) is 5.75 Å². The van der Waals surface area contributed by atoms with Crippen molar-refractivity contribution < 1.29 is 4.74 Å². The second kappa shape index (κ2) is 7.39. The first kappa shape index (κ1) is 15.0. The Balaban J connectivity index is 2.21. The predicted octanol–water partition coefficient (Wildman–Crippen LogP) is 2.20. The summed E-state index contributed by atoms with van der Waals surface area (Å²) in [5.74, 6) is 0.928. The summed E-state index contributed by atoms with van der Waals surface area (Å²) < 4.78 is 5.21. The van der Waals surface area contributed by atoms with E-state index in [1.807, 2.05) is 12.1 Å². The quantitative estimate of drug-likeness (QED) is 0.695. The van der Waals surface area contributed by atoms with Gasteiger partial charge in [-0.2, -0.15) is 0 Å². The van der Waals surface area contributed by atoms with Crippen LogP contribution in [0.15, 0.2) is 24.3 Å². The fourth-order valence-electron chi connectivity index (χ4n) is 1.71. The highest BCUT2D eigenvalue weighted by Crippen LogP contribution is 2.16. The molecule has 0 bridgehead atoms. The van der Waals surface area contributed by atoms with Crippen molar-refractivity contribution in [3.8, 4) is 5.75 Å². The number of hydrogen-bond acceptors (Lipinski definition) is 3. The van der Waals surface area contributed by atoms with E-state index in [1.54, 1.807) is 7.11 Å². The summed E-state index contributed by atoms with van der Waals surface area (Å²) in [7, 11) is 1.70. The summed E-state index contributed by atoms with van der Waals surface area (Å²) >= 11 is 0. The van der Waals surface area contributed by atoms with Crippen molar-refractivity contribution in [1.29, 1.82) is 0 Å². The molecule has 3 heteroatoms. The Morgan fingerprint density at radius 2 is 2.06 bits per heavy atom. The van der Waals surface area contributed by atoms with Gasteiger partial charge in [-0.1, -0.05) is 26.0 Å². The SMILES string of the molecule is COc1cccc(CCNCCC(C)(C)CN)c1. The lowest BCUT2D eigenvalue weighted by atomic mass is 9.90.